The maximum Gasteiger partial charge on any atom is 0.137 e. The zero-order chi connectivity index (χ0) is 18.2. The summed E-state index contributed by atoms with van der Waals surface area (Å²) >= 11 is 3.52. The highest BCUT2D eigenvalue weighted by Gasteiger charge is 2.14. The fraction of sp³-hybridized carbons (Fsp3) is 0. The first-order chi connectivity index (χ1) is 13.3. The smallest absolute Gasteiger partial charge is 0.137 e. The van der Waals surface area contributed by atoms with Gasteiger partial charge in [-0.25, -0.2) is 0 Å². The lowest BCUT2D eigenvalue weighted by molar-refractivity contribution is 0.668. The molecule has 1 heterocycles. The number of anilines is 3. The van der Waals surface area contributed by atoms with Gasteiger partial charge in [-0.05, 0) is 54.6 Å². The van der Waals surface area contributed by atoms with Crippen LogP contribution in [-0.2, 0) is 0 Å². The van der Waals surface area contributed by atoms with Crippen LogP contribution >= 0.6 is 15.9 Å². The van der Waals surface area contributed by atoms with Crippen molar-refractivity contribution in [3.8, 4) is 0 Å². The molecule has 1 aromatic heterocycles. The van der Waals surface area contributed by atoms with Crippen molar-refractivity contribution >= 4 is 54.9 Å². The molecule has 0 aliphatic heterocycles. The van der Waals surface area contributed by atoms with Crippen molar-refractivity contribution in [2.45, 2.75) is 0 Å². The number of rotatable bonds is 3. The first-order valence-electron chi connectivity index (χ1n) is 8.82. The summed E-state index contributed by atoms with van der Waals surface area (Å²) in [5.41, 5.74) is 5.07. The summed E-state index contributed by atoms with van der Waals surface area (Å²) in [6.07, 6.45) is 0. The van der Waals surface area contributed by atoms with Gasteiger partial charge in [-0.2, -0.15) is 0 Å². The minimum absolute atomic E-state index is 0.887. The van der Waals surface area contributed by atoms with Gasteiger partial charge in [0, 0.05) is 38.4 Å². The number of benzene rings is 4. The van der Waals surface area contributed by atoms with Gasteiger partial charge >= 0.3 is 0 Å². The summed E-state index contributed by atoms with van der Waals surface area (Å²) in [5.74, 6) is 0. The van der Waals surface area contributed by atoms with E-state index in [1.54, 1.807) is 0 Å². The number of hydrogen-bond acceptors (Lipinski definition) is 2. The van der Waals surface area contributed by atoms with Crippen LogP contribution in [0.2, 0.25) is 0 Å². The quantitative estimate of drug-likeness (QED) is 0.299. The normalized spacial score (nSPS) is 11.1. The second-order valence-corrected chi connectivity index (χ2v) is 7.35. The average Bonchev–Trinajstić information content (AvgIpc) is 3.06. The molecule has 0 saturated carbocycles. The van der Waals surface area contributed by atoms with Gasteiger partial charge in [0.25, 0.3) is 0 Å². The fourth-order valence-corrected chi connectivity index (χ4v) is 3.82. The molecule has 0 atom stereocenters. The minimum Gasteiger partial charge on any atom is -0.456 e. The zero-order valence-electron chi connectivity index (χ0n) is 14.5. The van der Waals surface area contributed by atoms with Gasteiger partial charge < -0.3 is 9.32 Å². The Kier molecular flexibility index (Phi) is 3.95. The predicted octanol–water partition coefficient (Wildman–Crippen LogP) is 7.82. The van der Waals surface area contributed by atoms with Crippen LogP contribution in [-0.4, -0.2) is 0 Å². The van der Waals surface area contributed by atoms with Gasteiger partial charge in [0.2, 0.25) is 0 Å². The highest BCUT2D eigenvalue weighted by atomic mass is 79.9. The van der Waals surface area contributed by atoms with Crippen LogP contribution in [0.5, 0.6) is 0 Å². The summed E-state index contributed by atoms with van der Waals surface area (Å²) in [5, 5.41) is 2.26. The first kappa shape index (κ1) is 16.2. The maximum atomic E-state index is 6.14. The van der Waals surface area contributed by atoms with Gasteiger partial charge in [0.05, 0.1) is 0 Å². The number of halogens is 1. The topological polar surface area (TPSA) is 16.4 Å². The molecule has 4 aromatic carbocycles. The predicted molar refractivity (Wildman–Crippen MR) is 116 cm³/mol. The van der Waals surface area contributed by atoms with Gasteiger partial charge in [0.1, 0.15) is 11.2 Å². The van der Waals surface area contributed by atoms with Gasteiger partial charge in [0.15, 0.2) is 0 Å². The molecule has 0 spiro atoms. The Morgan fingerprint density at radius 1 is 0.556 bits per heavy atom. The Labute approximate surface area is 165 Å². The lowest BCUT2D eigenvalue weighted by atomic mass is 10.1. The molecule has 0 saturated heterocycles. The summed E-state index contributed by atoms with van der Waals surface area (Å²) in [6, 6.07) is 33.3. The molecule has 0 bridgehead atoms. The van der Waals surface area contributed by atoms with Crippen molar-refractivity contribution in [2.75, 3.05) is 4.90 Å². The van der Waals surface area contributed by atoms with Crippen LogP contribution in [0.25, 0.3) is 21.9 Å². The molecule has 130 valence electrons. The Bertz CT molecular complexity index is 1190. The minimum atomic E-state index is 0.887. The summed E-state index contributed by atoms with van der Waals surface area (Å²) in [4.78, 5) is 2.24. The van der Waals surface area contributed by atoms with Crippen LogP contribution in [0.15, 0.2) is 106 Å². The highest BCUT2D eigenvalue weighted by molar-refractivity contribution is 9.10. The lowest BCUT2D eigenvalue weighted by Crippen LogP contribution is -2.09. The maximum absolute atomic E-state index is 6.14. The second kappa shape index (κ2) is 6.60. The van der Waals surface area contributed by atoms with Crippen molar-refractivity contribution in [1.82, 2.24) is 0 Å². The molecule has 0 radical (unpaired) electrons. The van der Waals surface area contributed by atoms with Crippen molar-refractivity contribution in [1.29, 1.82) is 0 Å². The summed E-state index contributed by atoms with van der Waals surface area (Å²) < 4.78 is 7.16. The van der Waals surface area contributed by atoms with Crippen molar-refractivity contribution in [3.05, 3.63) is 102 Å². The number of fused-ring (bicyclic) bond motifs is 3. The Balaban J connectivity index is 1.71. The van der Waals surface area contributed by atoms with Crippen LogP contribution < -0.4 is 4.90 Å². The SMILES string of the molecule is Brc1ccc2c(c1)oc1cc(N(c3ccccc3)c3ccccc3)ccc12. The standard InChI is InChI=1S/C24H16BrNO/c25-17-11-13-21-22-14-12-20(16-24(22)27-23(21)15-17)26(18-7-3-1-4-8-18)19-9-5-2-6-10-19/h1-16H. The lowest BCUT2D eigenvalue weighted by Gasteiger charge is -2.25. The van der Waals surface area contributed by atoms with Crippen LogP contribution in [0.3, 0.4) is 0 Å². The molecule has 5 aromatic rings. The van der Waals surface area contributed by atoms with Gasteiger partial charge in [-0.15, -0.1) is 0 Å². The molecule has 3 heteroatoms. The Hall–Kier alpha value is -3.04. The van der Waals surface area contributed by atoms with Gasteiger partial charge in [-0.3, -0.25) is 0 Å². The average molecular weight is 414 g/mol. The van der Waals surface area contributed by atoms with E-state index in [0.29, 0.717) is 0 Å². The molecule has 0 N–H and O–H groups in total. The largest absolute Gasteiger partial charge is 0.456 e. The third-order valence-electron chi connectivity index (χ3n) is 4.71. The number of furan rings is 1. The molecule has 0 aliphatic rings. The van der Waals surface area contributed by atoms with E-state index in [1.807, 2.05) is 24.3 Å². The molecule has 27 heavy (non-hydrogen) atoms. The molecule has 0 amide bonds. The molecule has 0 aliphatic carbocycles. The van der Waals surface area contributed by atoms with Crippen LogP contribution in [0, 0.1) is 0 Å². The molecule has 5 rings (SSSR count). The van der Waals surface area contributed by atoms with E-state index < -0.39 is 0 Å². The third kappa shape index (κ3) is 2.90. The van der Waals surface area contributed by atoms with E-state index in [0.717, 1.165) is 43.5 Å². The zero-order valence-corrected chi connectivity index (χ0v) is 16.1. The van der Waals surface area contributed by atoms with E-state index in [4.69, 9.17) is 4.42 Å². The number of para-hydroxylation sites is 2. The first-order valence-corrected chi connectivity index (χ1v) is 9.61. The van der Waals surface area contributed by atoms with E-state index in [-0.39, 0.29) is 0 Å². The molecule has 0 fully saturated rings. The van der Waals surface area contributed by atoms with E-state index in [1.165, 1.54) is 0 Å². The highest BCUT2D eigenvalue weighted by Crippen LogP contribution is 2.38. The van der Waals surface area contributed by atoms with E-state index >= 15 is 0 Å². The number of nitrogens with zero attached hydrogens (tertiary/aromatic N) is 1. The van der Waals surface area contributed by atoms with E-state index in [9.17, 15) is 0 Å². The molecular formula is C24H16BrNO. The Morgan fingerprint density at radius 2 is 1.11 bits per heavy atom. The summed E-state index contributed by atoms with van der Waals surface area (Å²) in [6.45, 7) is 0. The molecule has 2 nitrogen and oxygen atoms in total. The summed E-state index contributed by atoms with van der Waals surface area (Å²) in [7, 11) is 0. The monoisotopic (exact) mass is 413 g/mol. The van der Waals surface area contributed by atoms with Crippen LogP contribution in [0.4, 0.5) is 17.1 Å². The van der Waals surface area contributed by atoms with E-state index in [2.05, 4.69) is 93.6 Å². The van der Waals surface area contributed by atoms with Crippen molar-refractivity contribution in [3.63, 3.8) is 0 Å². The number of hydrogen-bond donors (Lipinski definition) is 0. The molecular weight excluding hydrogens is 398 g/mol. The van der Waals surface area contributed by atoms with Crippen molar-refractivity contribution in [2.24, 2.45) is 0 Å². The third-order valence-corrected chi connectivity index (χ3v) is 5.20. The van der Waals surface area contributed by atoms with Crippen molar-refractivity contribution < 1.29 is 4.42 Å². The second-order valence-electron chi connectivity index (χ2n) is 6.43. The van der Waals surface area contributed by atoms with Crippen LogP contribution in [0.1, 0.15) is 0 Å². The van der Waals surface area contributed by atoms with Gasteiger partial charge in [-0.1, -0.05) is 52.3 Å². The Morgan fingerprint density at radius 3 is 1.74 bits per heavy atom. The molecule has 0 unspecified atom stereocenters. The fourth-order valence-electron chi connectivity index (χ4n) is 3.48.